The van der Waals surface area contributed by atoms with Crippen molar-refractivity contribution >= 4 is 17.6 Å². The van der Waals surface area contributed by atoms with Crippen LogP contribution in [0.25, 0.3) is 11.4 Å². The standard InChI is InChI=1S/C18H21N5O2/c19-16(24)10-13-6-8-23(9-7-13)18(25)22-15-11-20-17(21-12-15)14-4-2-1-3-5-14/h1-5,11-13H,6-10H2,(H2,19,24)(H,22,25). The number of piperidine rings is 1. The summed E-state index contributed by atoms with van der Waals surface area (Å²) in [5.41, 5.74) is 6.72. The second-order valence-electron chi connectivity index (χ2n) is 6.19. The molecule has 0 bridgehead atoms. The van der Waals surface area contributed by atoms with Crippen molar-refractivity contribution in [1.82, 2.24) is 14.9 Å². The van der Waals surface area contributed by atoms with Crippen LogP contribution in [0.4, 0.5) is 10.5 Å². The van der Waals surface area contributed by atoms with Crippen molar-refractivity contribution in [2.45, 2.75) is 19.3 Å². The van der Waals surface area contributed by atoms with Crippen molar-refractivity contribution in [2.24, 2.45) is 11.7 Å². The van der Waals surface area contributed by atoms with Gasteiger partial charge in [-0.3, -0.25) is 4.79 Å². The molecule has 1 fully saturated rings. The van der Waals surface area contributed by atoms with Crippen LogP contribution in [0.1, 0.15) is 19.3 Å². The summed E-state index contributed by atoms with van der Waals surface area (Å²) >= 11 is 0. The number of nitrogens with zero attached hydrogens (tertiary/aromatic N) is 3. The first-order valence-corrected chi connectivity index (χ1v) is 8.33. The number of benzene rings is 1. The van der Waals surface area contributed by atoms with E-state index in [1.807, 2.05) is 30.3 Å². The van der Waals surface area contributed by atoms with E-state index < -0.39 is 0 Å². The molecule has 1 aromatic carbocycles. The van der Waals surface area contributed by atoms with Gasteiger partial charge in [-0.25, -0.2) is 14.8 Å². The van der Waals surface area contributed by atoms with Gasteiger partial charge in [0.15, 0.2) is 5.82 Å². The third-order valence-corrected chi connectivity index (χ3v) is 4.33. The Kier molecular flexibility index (Phi) is 5.23. The molecule has 7 nitrogen and oxygen atoms in total. The zero-order valence-electron chi connectivity index (χ0n) is 13.9. The fourth-order valence-corrected chi connectivity index (χ4v) is 2.96. The number of primary amides is 1. The van der Waals surface area contributed by atoms with Gasteiger partial charge in [-0.15, -0.1) is 0 Å². The number of carbonyl (C=O) groups is 2. The lowest BCUT2D eigenvalue weighted by Gasteiger charge is -2.31. The van der Waals surface area contributed by atoms with E-state index >= 15 is 0 Å². The molecule has 3 N–H and O–H groups in total. The van der Waals surface area contributed by atoms with Crippen LogP contribution in [0.5, 0.6) is 0 Å². The molecule has 130 valence electrons. The molecule has 25 heavy (non-hydrogen) atoms. The number of anilines is 1. The van der Waals surface area contributed by atoms with E-state index in [0.717, 1.165) is 18.4 Å². The first-order valence-electron chi connectivity index (χ1n) is 8.33. The number of hydrogen-bond donors (Lipinski definition) is 2. The summed E-state index contributed by atoms with van der Waals surface area (Å²) in [6.45, 7) is 1.24. The molecule has 3 amide bonds. The average Bonchev–Trinajstić information content (AvgIpc) is 2.63. The van der Waals surface area contributed by atoms with Gasteiger partial charge >= 0.3 is 6.03 Å². The number of aromatic nitrogens is 2. The van der Waals surface area contributed by atoms with Crippen molar-refractivity contribution in [1.29, 1.82) is 0 Å². The lowest BCUT2D eigenvalue weighted by atomic mass is 9.93. The Morgan fingerprint density at radius 1 is 1.12 bits per heavy atom. The number of hydrogen-bond acceptors (Lipinski definition) is 4. The van der Waals surface area contributed by atoms with E-state index in [0.29, 0.717) is 31.0 Å². The number of likely N-dealkylation sites (tertiary alicyclic amines) is 1. The molecular weight excluding hydrogens is 318 g/mol. The zero-order chi connectivity index (χ0) is 17.6. The third-order valence-electron chi connectivity index (χ3n) is 4.33. The van der Waals surface area contributed by atoms with Crippen molar-refractivity contribution in [3.63, 3.8) is 0 Å². The van der Waals surface area contributed by atoms with Gasteiger partial charge in [0.2, 0.25) is 5.91 Å². The molecule has 1 aromatic heterocycles. The van der Waals surface area contributed by atoms with Crippen molar-refractivity contribution in [3.8, 4) is 11.4 Å². The Labute approximate surface area is 146 Å². The average molecular weight is 339 g/mol. The minimum Gasteiger partial charge on any atom is -0.370 e. The number of nitrogens with two attached hydrogens (primary N) is 1. The molecule has 1 aliphatic heterocycles. The highest BCUT2D eigenvalue weighted by molar-refractivity contribution is 5.89. The molecule has 2 heterocycles. The van der Waals surface area contributed by atoms with Gasteiger partial charge in [0, 0.05) is 25.1 Å². The van der Waals surface area contributed by atoms with Gasteiger partial charge in [0.05, 0.1) is 18.1 Å². The Bertz CT molecular complexity index is 725. The van der Waals surface area contributed by atoms with Crippen LogP contribution in [0.2, 0.25) is 0 Å². The first kappa shape index (κ1) is 16.9. The Morgan fingerprint density at radius 2 is 1.76 bits per heavy atom. The van der Waals surface area contributed by atoms with Gasteiger partial charge in [-0.05, 0) is 18.8 Å². The second-order valence-corrected chi connectivity index (χ2v) is 6.19. The maximum atomic E-state index is 12.3. The monoisotopic (exact) mass is 339 g/mol. The summed E-state index contributed by atoms with van der Waals surface area (Å²) in [5.74, 6) is 0.611. The fraction of sp³-hybridized carbons (Fsp3) is 0.333. The van der Waals surface area contributed by atoms with E-state index in [4.69, 9.17) is 5.73 Å². The summed E-state index contributed by atoms with van der Waals surface area (Å²) in [7, 11) is 0. The topological polar surface area (TPSA) is 101 Å². The van der Waals surface area contributed by atoms with Crippen molar-refractivity contribution in [3.05, 3.63) is 42.7 Å². The van der Waals surface area contributed by atoms with Crippen LogP contribution in [0.3, 0.4) is 0 Å². The molecule has 7 heteroatoms. The van der Waals surface area contributed by atoms with Gasteiger partial charge in [0.25, 0.3) is 0 Å². The summed E-state index contributed by atoms with van der Waals surface area (Å²) in [6, 6.07) is 9.48. The molecule has 3 rings (SSSR count). The maximum Gasteiger partial charge on any atom is 0.321 e. The lowest BCUT2D eigenvalue weighted by molar-refractivity contribution is -0.119. The zero-order valence-corrected chi connectivity index (χ0v) is 13.9. The van der Waals surface area contributed by atoms with Crippen molar-refractivity contribution < 1.29 is 9.59 Å². The number of amides is 3. The molecule has 0 unspecified atom stereocenters. The van der Waals surface area contributed by atoms with Gasteiger partial charge in [-0.2, -0.15) is 0 Å². The Balaban J connectivity index is 1.54. The minimum atomic E-state index is -0.279. The van der Waals surface area contributed by atoms with E-state index in [1.165, 1.54) is 0 Å². The molecule has 0 atom stereocenters. The molecule has 0 saturated carbocycles. The number of nitrogens with one attached hydrogen (secondary N) is 1. The van der Waals surface area contributed by atoms with Gasteiger partial charge < -0.3 is 16.0 Å². The predicted octanol–water partition coefficient (Wildman–Crippen LogP) is 2.26. The highest BCUT2D eigenvalue weighted by atomic mass is 16.2. The summed E-state index contributed by atoms with van der Waals surface area (Å²) in [4.78, 5) is 33.6. The summed E-state index contributed by atoms with van der Waals surface area (Å²) in [6.07, 6.45) is 5.18. The normalized spacial score (nSPS) is 15.0. The maximum absolute atomic E-state index is 12.3. The minimum absolute atomic E-state index is 0.173. The van der Waals surface area contributed by atoms with Crippen LogP contribution in [0, 0.1) is 5.92 Å². The van der Waals surface area contributed by atoms with Crippen LogP contribution in [-0.4, -0.2) is 39.9 Å². The fourth-order valence-electron chi connectivity index (χ4n) is 2.96. The number of urea groups is 1. The van der Waals surface area contributed by atoms with E-state index in [2.05, 4.69) is 15.3 Å². The quantitative estimate of drug-likeness (QED) is 0.892. The van der Waals surface area contributed by atoms with Crippen LogP contribution in [0.15, 0.2) is 42.7 Å². The number of carbonyl (C=O) groups excluding carboxylic acids is 2. The van der Waals surface area contributed by atoms with E-state index in [-0.39, 0.29) is 17.9 Å². The van der Waals surface area contributed by atoms with Crippen LogP contribution >= 0.6 is 0 Å². The predicted molar refractivity (Wildman–Crippen MR) is 94.6 cm³/mol. The molecule has 1 saturated heterocycles. The molecule has 2 aromatic rings. The van der Waals surface area contributed by atoms with Gasteiger partial charge in [-0.1, -0.05) is 30.3 Å². The van der Waals surface area contributed by atoms with Gasteiger partial charge in [0.1, 0.15) is 0 Å². The Hall–Kier alpha value is -2.96. The summed E-state index contributed by atoms with van der Waals surface area (Å²) in [5, 5.41) is 2.82. The van der Waals surface area contributed by atoms with Crippen LogP contribution in [-0.2, 0) is 4.79 Å². The lowest BCUT2D eigenvalue weighted by Crippen LogP contribution is -2.41. The number of rotatable bonds is 4. The molecule has 0 radical (unpaired) electrons. The molecule has 1 aliphatic rings. The smallest absolute Gasteiger partial charge is 0.321 e. The third kappa shape index (κ3) is 4.53. The highest BCUT2D eigenvalue weighted by Gasteiger charge is 2.23. The molecule has 0 aliphatic carbocycles. The Morgan fingerprint density at radius 3 is 2.36 bits per heavy atom. The summed E-state index contributed by atoms with van der Waals surface area (Å²) < 4.78 is 0. The highest BCUT2D eigenvalue weighted by Crippen LogP contribution is 2.21. The molecular formula is C18H21N5O2. The molecule has 0 spiro atoms. The SMILES string of the molecule is NC(=O)CC1CCN(C(=O)Nc2cnc(-c3ccccc3)nc2)CC1. The largest absolute Gasteiger partial charge is 0.370 e. The van der Waals surface area contributed by atoms with E-state index in [9.17, 15) is 9.59 Å². The second kappa shape index (κ2) is 7.74. The van der Waals surface area contributed by atoms with Crippen LogP contribution < -0.4 is 11.1 Å². The van der Waals surface area contributed by atoms with Crippen molar-refractivity contribution in [2.75, 3.05) is 18.4 Å². The van der Waals surface area contributed by atoms with E-state index in [1.54, 1.807) is 17.3 Å². The first-order chi connectivity index (χ1) is 12.1.